The highest BCUT2D eigenvalue weighted by Gasteiger charge is 2.53. The van der Waals surface area contributed by atoms with Gasteiger partial charge in [0.25, 0.3) is 0 Å². The van der Waals surface area contributed by atoms with Crippen LogP contribution in [0.5, 0.6) is 5.75 Å². The molecule has 0 saturated heterocycles. The summed E-state index contributed by atoms with van der Waals surface area (Å²) in [7, 11) is -1.91. The van der Waals surface area contributed by atoms with Gasteiger partial charge in [-0.25, -0.2) is 0 Å². The van der Waals surface area contributed by atoms with Crippen molar-refractivity contribution in [2.45, 2.75) is 82.8 Å². The second-order valence-electron chi connectivity index (χ2n) is 12.6. The summed E-state index contributed by atoms with van der Waals surface area (Å²) in [6.45, 7) is 15.7. The molecule has 170 valence electrons. The first-order chi connectivity index (χ1) is 15.1. The van der Waals surface area contributed by atoms with Crippen LogP contribution in [-0.4, -0.2) is 8.32 Å². The van der Waals surface area contributed by atoms with Gasteiger partial charge in [-0.15, -0.1) is 0 Å². The molecule has 1 nitrogen and oxygen atoms in total. The standard InChI is InChI=1S/C30H40OSi/c1-7-21-8-10-25(11-9-21)26-12-13-28(31-32(5,6)29(2,3)4)27(17-26)30-18-22-14-23(19-30)16-24(15-22)20-30/h7-13,17,22-24H,1,14-16,18-20H2,2-6H3. The number of hydrogen-bond donors (Lipinski definition) is 0. The van der Waals surface area contributed by atoms with Crippen LogP contribution in [0.25, 0.3) is 17.2 Å². The van der Waals surface area contributed by atoms with E-state index in [4.69, 9.17) is 4.43 Å². The first-order valence-electron chi connectivity index (χ1n) is 12.6. The van der Waals surface area contributed by atoms with E-state index >= 15 is 0 Å². The minimum Gasteiger partial charge on any atom is -0.543 e. The topological polar surface area (TPSA) is 9.23 Å². The fourth-order valence-electron chi connectivity index (χ4n) is 6.89. The zero-order valence-electron chi connectivity index (χ0n) is 20.7. The first-order valence-corrected chi connectivity index (χ1v) is 15.6. The molecular weight excluding hydrogens is 404 g/mol. The minimum absolute atomic E-state index is 0.199. The van der Waals surface area contributed by atoms with E-state index < -0.39 is 8.32 Å². The lowest BCUT2D eigenvalue weighted by molar-refractivity contribution is -0.00584. The molecule has 0 N–H and O–H groups in total. The van der Waals surface area contributed by atoms with Crippen LogP contribution in [0.1, 0.15) is 70.4 Å². The molecule has 2 aromatic carbocycles. The highest BCUT2D eigenvalue weighted by atomic mass is 28.4. The molecule has 0 atom stereocenters. The van der Waals surface area contributed by atoms with Crippen molar-refractivity contribution in [3.8, 4) is 16.9 Å². The molecule has 4 bridgehead atoms. The maximum Gasteiger partial charge on any atom is 0.250 e. The lowest BCUT2D eigenvalue weighted by atomic mass is 9.48. The Labute approximate surface area is 196 Å². The highest BCUT2D eigenvalue weighted by Crippen LogP contribution is 2.62. The maximum absolute atomic E-state index is 7.04. The Morgan fingerprint density at radius 3 is 1.91 bits per heavy atom. The summed E-state index contributed by atoms with van der Waals surface area (Å²) < 4.78 is 7.04. The first kappa shape index (κ1) is 22.0. The summed E-state index contributed by atoms with van der Waals surface area (Å²) in [5, 5.41) is 0.199. The zero-order valence-corrected chi connectivity index (χ0v) is 21.7. The van der Waals surface area contributed by atoms with Crippen molar-refractivity contribution in [3.63, 3.8) is 0 Å². The summed E-state index contributed by atoms with van der Waals surface area (Å²) in [4.78, 5) is 0. The largest absolute Gasteiger partial charge is 0.543 e. The second-order valence-corrected chi connectivity index (χ2v) is 17.3. The van der Waals surface area contributed by atoms with Crippen LogP contribution in [0.3, 0.4) is 0 Å². The van der Waals surface area contributed by atoms with Crippen LogP contribution in [0.15, 0.2) is 49.0 Å². The van der Waals surface area contributed by atoms with Crippen molar-refractivity contribution in [2.24, 2.45) is 17.8 Å². The molecule has 32 heavy (non-hydrogen) atoms. The summed E-state index contributed by atoms with van der Waals surface area (Å²) in [5.41, 5.74) is 5.64. The fourth-order valence-corrected chi connectivity index (χ4v) is 7.93. The van der Waals surface area contributed by atoms with E-state index in [0.29, 0.717) is 5.41 Å². The predicted molar refractivity (Wildman–Crippen MR) is 140 cm³/mol. The maximum atomic E-state index is 7.04. The lowest BCUT2D eigenvalue weighted by Crippen LogP contribution is -2.49. The van der Waals surface area contributed by atoms with Gasteiger partial charge in [-0.3, -0.25) is 0 Å². The van der Waals surface area contributed by atoms with Gasteiger partial charge < -0.3 is 4.43 Å². The average Bonchev–Trinajstić information content (AvgIpc) is 2.72. The third-order valence-corrected chi connectivity index (χ3v) is 13.6. The van der Waals surface area contributed by atoms with Crippen molar-refractivity contribution in [3.05, 3.63) is 60.2 Å². The van der Waals surface area contributed by atoms with Gasteiger partial charge in [-0.2, -0.15) is 0 Å². The van der Waals surface area contributed by atoms with E-state index in [-0.39, 0.29) is 5.04 Å². The molecule has 0 unspecified atom stereocenters. The summed E-state index contributed by atoms with van der Waals surface area (Å²) in [5.74, 6) is 3.97. The van der Waals surface area contributed by atoms with Gasteiger partial charge in [-0.05, 0) is 114 Å². The van der Waals surface area contributed by atoms with E-state index in [2.05, 4.69) is 82.9 Å². The minimum atomic E-state index is -1.91. The summed E-state index contributed by atoms with van der Waals surface area (Å²) in [6, 6.07) is 15.9. The Morgan fingerprint density at radius 1 is 0.875 bits per heavy atom. The van der Waals surface area contributed by atoms with E-state index in [1.165, 1.54) is 66.5 Å². The molecule has 4 saturated carbocycles. The smallest absolute Gasteiger partial charge is 0.250 e. The fraction of sp³-hybridized carbons (Fsp3) is 0.533. The van der Waals surface area contributed by atoms with Crippen LogP contribution >= 0.6 is 0 Å². The van der Waals surface area contributed by atoms with Gasteiger partial charge in [0.2, 0.25) is 8.32 Å². The Bertz CT molecular complexity index is 973. The predicted octanol–water partition coefficient (Wildman–Crippen LogP) is 8.85. The van der Waals surface area contributed by atoms with E-state index in [9.17, 15) is 0 Å². The van der Waals surface area contributed by atoms with Gasteiger partial charge in [0.1, 0.15) is 5.75 Å². The molecule has 4 fully saturated rings. The normalized spacial score (nSPS) is 29.2. The van der Waals surface area contributed by atoms with Crippen molar-refractivity contribution in [1.82, 2.24) is 0 Å². The molecule has 0 amide bonds. The number of hydrogen-bond acceptors (Lipinski definition) is 1. The zero-order chi connectivity index (χ0) is 22.7. The van der Waals surface area contributed by atoms with Gasteiger partial charge >= 0.3 is 0 Å². The van der Waals surface area contributed by atoms with Gasteiger partial charge in [0.15, 0.2) is 0 Å². The van der Waals surface area contributed by atoms with E-state index in [1.54, 1.807) is 0 Å². The molecule has 0 spiro atoms. The third kappa shape index (κ3) is 3.79. The molecule has 2 aromatic rings. The van der Waals surface area contributed by atoms with Crippen molar-refractivity contribution < 1.29 is 4.43 Å². The van der Waals surface area contributed by atoms with Gasteiger partial charge in [0.05, 0.1) is 0 Å². The second kappa shape index (κ2) is 7.62. The van der Waals surface area contributed by atoms with Crippen molar-refractivity contribution >= 4 is 14.4 Å². The molecule has 4 aliphatic rings. The van der Waals surface area contributed by atoms with Crippen molar-refractivity contribution in [2.75, 3.05) is 0 Å². The monoisotopic (exact) mass is 444 g/mol. The Morgan fingerprint density at radius 2 is 1.41 bits per heavy atom. The number of benzene rings is 2. The molecule has 2 heteroatoms. The number of rotatable bonds is 5. The van der Waals surface area contributed by atoms with Crippen LogP contribution in [0, 0.1) is 17.8 Å². The molecular formula is C30H40OSi. The highest BCUT2D eigenvalue weighted by molar-refractivity contribution is 6.74. The average molecular weight is 445 g/mol. The molecule has 0 aliphatic heterocycles. The molecule has 4 aliphatic carbocycles. The molecule has 0 heterocycles. The molecule has 0 radical (unpaired) electrons. The van der Waals surface area contributed by atoms with Crippen LogP contribution in [-0.2, 0) is 5.41 Å². The summed E-state index contributed by atoms with van der Waals surface area (Å²) >= 11 is 0. The Kier molecular flexibility index (Phi) is 5.24. The van der Waals surface area contributed by atoms with Crippen molar-refractivity contribution in [1.29, 1.82) is 0 Å². The van der Waals surface area contributed by atoms with Crippen LogP contribution < -0.4 is 4.43 Å². The Balaban J connectivity index is 1.60. The molecule has 0 aromatic heterocycles. The lowest BCUT2D eigenvalue weighted by Gasteiger charge is -2.57. The van der Waals surface area contributed by atoms with E-state index in [0.717, 1.165) is 17.8 Å². The van der Waals surface area contributed by atoms with Gasteiger partial charge in [-0.1, -0.05) is 63.8 Å². The third-order valence-electron chi connectivity index (χ3n) is 9.24. The van der Waals surface area contributed by atoms with E-state index in [1.807, 2.05) is 6.08 Å². The SMILES string of the molecule is C=Cc1ccc(-c2ccc(O[Si](C)(C)C(C)(C)C)c(C34CC5CC(CC(C5)C3)C4)c2)cc1. The quantitative estimate of drug-likeness (QED) is 0.418. The van der Waals surface area contributed by atoms with Crippen LogP contribution in [0.4, 0.5) is 0 Å². The Hall–Kier alpha value is -1.80. The van der Waals surface area contributed by atoms with Gasteiger partial charge in [0, 0.05) is 0 Å². The molecule has 6 rings (SSSR count). The summed E-state index contributed by atoms with van der Waals surface area (Å²) in [6.07, 6.45) is 10.4. The van der Waals surface area contributed by atoms with Crippen LogP contribution in [0.2, 0.25) is 18.1 Å².